The Labute approximate surface area is 171 Å². The Bertz CT molecular complexity index is 1090. The first-order chi connectivity index (χ1) is 14.1. The molecular formula is C20H23N5O3S. The Balaban J connectivity index is 1.19. The quantitative estimate of drug-likeness (QED) is 0.710. The number of hydrogen-bond donors (Lipinski definition) is 1. The molecule has 0 bridgehead atoms. The van der Waals surface area contributed by atoms with Gasteiger partial charge in [0.05, 0.1) is 23.8 Å². The molecule has 29 heavy (non-hydrogen) atoms. The molecule has 0 spiro atoms. The summed E-state index contributed by atoms with van der Waals surface area (Å²) in [5.74, 6) is 1.01. The first-order valence-electron chi connectivity index (χ1n) is 10.2. The predicted molar refractivity (Wildman–Crippen MR) is 108 cm³/mol. The average molecular weight is 414 g/mol. The lowest BCUT2D eigenvalue weighted by molar-refractivity contribution is -0.121. The topological polar surface area (TPSA) is 98.9 Å². The zero-order valence-electron chi connectivity index (χ0n) is 16.1. The number of fused-ring (bicyclic) bond motifs is 2. The molecule has 2 aliphatic carbocycles. The van der Waals surface area contributed by atoms with Crippen LogP contribution in [-0.4, -0.2) is 37.3 Å². The fraction of sp³-hybridized carbons (Fsp3) is 0.550. The van der Waals surface area contributed by atoms with Crippen molar-refractivity contribution in [2.45, 2.75) is 62.2 Å². The minimum absolute atomic E-state index is 0.0266. The molecule has 0 radical (unpaired) electrons. The Morgan fingerprint density at radius 2 is 2.14 bits per heavy atom. The normalized spacial score (nSPS) is 19.8. The number of thioether (sulfide) groups is 1. The van der Waals surface area contributed by atoms with E-state index in [1.807, 2.05) is 0 Å². The summed E-state index contributed by atoms with van der Waals surface area (Å²) in [6.07, 6.45) is 6.67. The summed E-state index contributed by atoms with van der Waals surface area (Å²) in [5, 5.41) is 3.60. The number of nitrogens with one attached hydrogen (secondary N) is 1. The maximum absolute atomic E-state index is 12.8. The molecule has 2 aromatic rings. The maximum Gasteiger partial charge on any atom is 0.257 e. The molecule has 3 aliphatic rings. The van der Waals surface area contributed by atoms with Gasteiger partial charge < -0.3 is 5.32 Å². The van der Waals surface area contributed by atoms with Crippen LogP contribution >= 0.6 is 11.8 Å². The lowest BCUT2D eigenvalue weighted by Crippen LogP contribution is -2.34. The zero-order valence-corrected chi connectivity index (χ0v) is 16.9. The van der Waals surface area contributed by atoms with E-state index in [4.69, 9.17) is 0 Å². The lowest BCUT2D eigenvalue weighted by Gasteiger charge is -2.14. The van der Waals surface area contributed by atoms with Crippen molar-refractivity contribution in [1.82, 2.24) is 24.4 Å². The first kappa shape index (κ1) is 18.6. The number of aromatic nitrogens is 4. The molecule has 3 heterocycles. The second-order valence-corrected chi connectivity index (χ2v) is 8.97. The molecule has 1 N–H and O–H groups in total. The van der Waals surface area contributed by atoms with Gasteiger partial charge in [-0.15, -0.1) is 0 Å². The molecule has 1 aliphatic heterocycles. The second-order valence-electron chi connectivity index (χ2n) is 7.99. The minimum Gasteiger partial charge on any atom is -0.354 e. The molecule has 0 saturated heterocycles. The van der Waals surface area contributed by atoms with Crippen molar-refractivity contribution in [2.24, 2.45) is 0 Å². The average Bonchev–Trinajstić information content (AvgIpc) is 3.31. The number of amides is 1. The van der Waals surface area contributed by atoms with Crippen LogP contribution in [0.25, 0.3) is 0 Å². The molecule has 9 heteroatoms. The van der Waals surface area contributed by atoms with Gasteiger partial charge in [-0.25, -0.2) is 9.97 Å². The Kier molecular flexibility index (Phi) is 4.77. The highest BCUT2D eigenvalue weighted by molar-refractivity contribution is 7.99. The van der Waals surface area contributed by atoms with Gasteiger partial charge in [0.15, 0.2) is 5.16 Å². The Hall–Kier alpha value is -2.42. The summed E-state index contributed by atoms with van der Waals surface area (Å²) in [6.45, 7) is 0.737. The van der Waals surface area contributed by atoms with E-state index in [-0.39, 0.29) is 29.5 Å². The van der Waals surface area contributed by atoms with Crippen molar-refractivity contribution in [2.75, 3.05) is 12.3 Å². The van der Waals surface area contributed by atoms with Gasteiger partial charge in [0.25, 0.3) is 11.1 Å². The number of hydrogen-bond acceptors (Lipinski definition) is 6. The molecule has 8 nitrogen and oxygen atoms in total. The zero-order chi connectivity index (χ0) is 20.0. The van der Waals surface area contributed by atoms with E-state index in [1.165, 1.54) is 4.57 Å². The number of nitrogens with zero attached hydrogens (tertiary/aromatic N) is 4. The van der Waals surface area contributed by atoms with Gasteiger partial charge in [-0.1, -0.05) is 11.8 Å². The van der Waals surface area contributed by atoms with Crippen LogP contribution in [0.15, 0.2) is 27.1 Å². The second kappa shape index (κ2) is 7.44. The number of aryl methyl sites for hydroxylation is 1. The smallest absolute Gasteiger partial charge is 0.257 e. The monoisotopic (exact) mass is 413 g/mol. The van der Waals surface area contributed by atoms with E-state index < -0.39 is 0 Å². The lowest BCUT2D eigenvalue weighted by atomic mass is 10.2. The van der Waals surface area contributed by atoms with E-state index in [1.54, 1.807) is 28.7 Å². The van der Waals surface area contributed by atoms with Gasteiger partial charge in [-0.05, 0) is 32.1 Å². The van der Waals surface area contributed by atoms with Crippen LogP contribution < -0.4 is 16.4 Å². The highest BCUT2D eigenvalue weighted by Crippen LogP contribution is 2.38. The van der Waals surface area contributed by atoms with Crippen LogP contribution in [0.3, 0.4) is 0 Å². The summed E-state index contributed by atoms with van der Waals surface area (Å²) in [4.78, 5) is 46.4. The van der Waals surface area contributed by atoms with Crippen molar-refractivity contribution in [3.05, 3.63) is 50.1 Å². The summed E-state index contributed by atoms with van der Waals surface area (Å²) in [6, 6.07) is 1.44. The summed E-state index contributed by atoms with van der Waals surface area (Å²) >= 11 is 1.55. The SMILES string of the molecule is O=C(CC1CSc2nc3c(c(=O)n21)CCC3)NCCn1cnc(C2CC2)cc1=O. The summed E-state index contributed by atoms with van der Waals surface area (Å²) in [7, 11) is 0. The molecule has 1 atom stereocenters. The maximum atomic E-state index is 12.8. The van der Waals surface area contributed by atoms with Crippen molar-refractivity contribution in [1.29, 1.82) is 0 Å². The van der Waals surface area contributed by atoms with Crippen LogP contribution in [0.2, 0.25) is 0 Å². The van der Waals surface area contributed by atoms with Crippen LogP contribution in [0.4, 0.5) is 0 Å². The van der Waals surface area contributed by atoms with Gasteiger partial charge in [0.1, 0.15) is 0 Å². The molecule has 152 valence electrons. The minimum atomic E-state index is -0.164. The van der Waals surface area contributed by atoms with Crippen molar-refractivity contribution < 1.29 is 4.79 Å². The predicted octanol–water partition coefficient (Wildman–Crippen LogP) is 1.02. The third-order valence-electron chi connectivity index (χ3n) is 5.86. The standard InChI is InChI=1S/C20H23N5O3S/c26-17(21-6-7-24-11-22-16(9-18(24)27)12-4-5-12)8-13-10-29-20-23-15-3-1-2-14(15)19(28)25(13)20/h9,11-13H,1-8,10H2,(H,21,26). The van der Waals surface area contributed by atoms with Gasteiger partial charge in [-0.2, -0.15) is 0 Å². The van der Waals surface area contributed by atoms with Gasteiger partial charge in [-0.3, -0.25) is 23.5 Å². The molecule has 1 unspecified atom stereocenters. The van der Waals surface area contributed by atoms with Crippen molar-refractivity contribution in [3.8, 4) is 0 Å². The number of rotatable bonds is 6. The number of carbonyl (C=O) groups excluding carboxylic acids is 1. The fourth-order valence-electron chi connectivity index (χ4n) is 4.11. The van der Waals surface area contributed by atoms with E-state index >= 15 is 0 Å². The van der Waals surface area contributed by atoms with E-state index in [9.17, 15) is 14.4 Å². The highest BCUT2D eigenvalue weighted by Gasteiger charge is 2.31. The Morgan fingerprint density at radius 3 is 2.93 bits per heavy atom. The third-order valence-corrected chi connectivity index (χ3v) is 6.96. The van der Waals surface area contributed by atoms with Gasteiger partial charge in [0, 0.05) is 42.8 Å². The highest BCUT2D eigenvalue weighted by atomic mass is 32.2. The fourth-order valence-corrected chi connectivity index (χ4v) is 5.27. The van der Waals surface area contributed by atoms with E-state index in [0.29, 0.717) is 24.8 Å². The van der Waals surface area contributed by atoms with Crippen molar-refractivity contribution >= 4 is 17.7 Å². The largest absolute Gasteiger partial charge is 0.354 e. The van der Waals surface area contributed by atoms with Crippen LogP contribution in [0.1, 0.15) is 54.6 Å². The molecule has 2 aromatic heterocycles. The van der Waals surface area contributed by atoms with Crippen LogP contribution in [-0.2, 0) is 24.2 Å². The summed E-state index contributed by atoms with van der Waals surface area (Å²) in [5.41, 5.74) is 2.58. The first-order valence-corrected chi connectivity index (χ1v) is 11.2. The van der Waals surface area contributed by atoms with Gasteiger partial charge in [0.2, 0.25) is 5.91 Å². The Morgan fingerprint density at radius 1 is 1.28 bits per heavy atom. The molecule has 5 rings (SSSR count). The molecule has 1 saturated carbocycles. The molecule has 0 aromatic carbocycles. The molecule has 1 fully saturated rings. The van der Waals surface area contributed by atoms with Gasteiger partial charge >= 0.3 is 0 Å². The molecule has 1 amide bonds. The van der Waals surface area contributed by atoms with Crippen molar-refractivity contribution in [3.63, 3.8) is 0 Å². The van der Waals surface area contributed by atoms with Crippen LogP contribution in [0.5, 0.6) is 0 Å². The number of carbonyl (C=O) groups is 1. The van der Waals surface area contributed by atoms with Crippen LogP contribution in [0, 0.1) is 0 Å². The van der Waals surface area contributed by atoms with E-state index in [0.717, 1.165) is 54.2 Å². The third kappa shape index (κ3) is 3.63. The summed E-state index contributed by atoms with van der Waals surface area (Å²) < 4.78 is 3.23. The van der Waals surface area contributed by atoms with E-state index in [2.05, 4.69) is 15.3 Å². The molecular weight excluding hydrogens is 390 g/mol.